The van der Waals surface area contributed by atoms with E-state index < -0.39 is 16.2 Å². The maximum atomic E-state index is 13.6. The lowest BCUT2D eigenvalue weighted by molar-refractivity contribution is 0.330. The van der Waals surface area contributed by atoms with Crippen molar-refractivity contribution in [3.63, 3.8) is 0 Å². The van der Waals surface area contributed by atoms with Crippen LogP contribution < -0.4 is 14.8 Å². The monoisotopic (exact) mass is 488 g/mol. The van der Waals surface area contributed by atoms with Crippen LogP contribution in [-0.4, -0.2) is 26.9 Å². The minimum absolute atomic E-state index is 0.223. The fourth-order valence-corrected chi connectivity index (χ4v) is 5.88. The molecule has 1 heterocycles. The lowest BCUT2D eigenvalue weighted by Crippen LogP contribution is -2.42. The number of methoxy groups -OCH3 is 2. The van der Waals surface area contributed by atoms with Crippen LogP contribution in [0.1, 0.15) is 17.3 Å². The number of fused-ring (bicyclic) bond motifs is 1. The summed E-state index contributed by atoms with van der Waals surface area (Å²) in [6.45, 7) is 0.223. The Morgan fingerprint density at radius 3 is 2.40 bits per heavy atom. The SMILES string of the molecule is COc1cc(C2Nc3ccccc3S(=O)(=O)N2Cc2ccccc2)cc(Br)c1OC. The maximum absolute atomic E-state index is 13.6. The highest BCUT2D eigenvalue weighted by Gasteiger charge is 2.39. The van der Waals surface area contributed by atoms with Crippen LogP contribution in [0.3, 0.4) is 0 Å². The van der Waals surface area contributed by atoms with Crippen molar-refractivity contribution in [3.05, 3.63) is 82.3 Å². The smallest absolute Gasteiger partial charge is 0.247 e. The fourth-order valence-electron chi connectivity index (χ4n) is 3.58. The normalized spacial score (nSPS) is 17.6. The molecule has 0 amide bonds. The largest absolute Gasteiger partial charge is 0.493 e. The second-order valence-electron chi connectivity index (χ2n) is 6.82. The van der Waals surface area contributed by atoms with Gasteiger partial charge < -0.3 is 14.8 Å². The Morgan fingerprint density at radius 1 is 1.00 bits per heavy atom. The molecule has 8 heteroatoms. The summed E-state index contributed by atoms with van der Waals surface area (Å²) in [5, 5.41) is 3.38. The third-order valence-electron chi connectivity index (χ3n) is 5.01. The summed E-state index contributed by atoms with van der Waals surface area (Å²) < 4.78 is 40.2. The summed E-state index contributed by atoms with van der Waals surface area (Å²) in [5.74, 6) is 1.06. The van der Waals surface area contributed by atoms with Gasteiger partial charge in [-0.2, -0.15) is 4.31 Å². The molecule has 0 saturated heterocycles. The molecule has 0 spiro atoms. The average molecular weight is 489 g/mol. The van der Waals surface area contributed by atoms with Crippen molar-refractivity contribution < 1.29 is 17.9 Å². The predicted octanol–water partition coefficient (Wildman–Crippen LogP) is 4.78. The van der Waals surface area contributed by atoms with Gasteiger partial charge in [0.2, 0.25) is 10.0 Å². The minimum atomic E-state index is -3.74. The second kappa shape index (κ2) is 8.29. The zero-order valence-electron chi connectivity index (χ0n) is 16.5. The number of nitrogens with zero attached hydrogens (tertiary/aromatic N) is 1. The molecule has 0 aliphatic carbocycles. The number of nitrogens with one attached hydrogen (secondary N) is 1. The molecular weight excluding hydrogens is 468 g/mol. The summed E-state index contributed by atoms with van der Waals surface area (Å²) in [6.07, 6.45) is -0.624. The van der Waals surface area contributed by atoms with Gasteiger partial charge in [0, 0.05) is 6.54 Å². The molecule has 3 aromatic carbocycles. The predicted molar refractivity (Wildman–Crippen MR) is 119 cm³/mol. The van der Waals surface area contributed by atoms with E-state index >= 15 is 0 Å². The number of para-hydroxylation sites is 1. The lowest BCUT2D eigenvalue weighted by Gasteiger charge is -2.37. The number of benzene rings is 3. The van der Waals surface area contributed by atoms with Gasteiger partial charge in [0.05, 0.1) is 24.4 Å². The first kappa shape index (κ1) is 20.7. The standard InChI is InChI=1S/C22H21BrN2O4S/c1-28-19-13-16(12-17(23)21(19)29-2)22-24-18-10-6-7-11-20(18)30(26,27)25(22)14-15-8-4-3-5-9-15/h3-13,22,24H,14H2,1-2H3. The molecule has 0 saturated carbocycles. The summed E-state index contributed by atoms with van der Waals surface area (Å²) >= 11 is 3.51. The van der Waals surface area contributed by atoms with Crippen molar-refractivity contribution in [2.45, 2.75) is 17.6 Å². The maximum Gasteiger partial charge on any atom is 0.247 e. The van der Waals surface area contributed by atoms with Crippen LogP contribution >= 0.6 is 15.9 Å². The molecule has 0 radical (unpaired) electrons. The Balaban J connectivity index is 1.87. The van der Waals surface area contributed by atoms with Crippen LogP contribution in [0.15, 0.2) is 76.1 Å². The van der Waals surface area contributed by atoms with E-state index in [4.69, 9.17) is 9.47 Å². The molecule has 1 unspecified atom stereocenters. The first-order valence-corrected chi connectivity index (χ1v) is 11.5. The lowest BCUT2D eigenvalue weighted by atomic mass is 10.1. The van der Waals surface area contributed by atoms with Gasteiger partial charge in [0.25, 0.3) is 0 Å². The van der Waals surface area contributed by atoms with E-state index in [9.17, 15) is 8.42 Å². The number of hydrogen-bond acceptors (Lipinski definition) is 5. The average Bonchev–Trinajstić information content (AvgIpc) is 2.75. The number of ether oxygens (including phenoxy) is 2. The molecule has 1 atom stereocenters. The molecule has 0 fully saturated rings. The van der Waals surface area contributed by atoms with Crippen LogP contribution in [0.5, 0.6) is 11.5 Å². The molecule has 1 aliphatic rings. The number of halogens is 1. The van der Waals surface area contributed by atoms with Crippen molar-refractivity contribution in [2.24, 2.45) is 0 Å². The van der Waals surface area contributed by atoms with Crippen molar-refractivity contribution in [1.82, 2.24) is 4.31 Å². The Hall–Kier alpha value is -2.55. The van der Waals surface area contributed by atoms with Crippen molar-refractivity contribution in [3.8, 4) is 11.5 Å². The molecule has 30 heavy (non-hydrogen) atoms. The van der Waals surface area contributed by atoms with Crippen LogP contribution in [0.4, 0.5) is 5.69 Å². The minimum Gasteiger partial charge on any atom is -0.493 e. The number of hydrogen-bond donors (Lipinski definition) is 1. The van der Waals surface area contributed by atoms with Crippen LogP contribution in [0.2, 0.25) is 0 Å². The quantitative estimate of drug-likeness (QED) is 0.559. The van der Waals surface area contributed by atoms with E-state index in [1.54, 1.807) is 38.5 Å². The van der Waals surface area contributed by atoms with Gasteiger partial charge in [0.1, 0.15) is 11.1 Å². The Kier molecular flexibility index (Phi) is 5.73. The Bertz CT molecular complexity index is 1170. The summed E-state index contributed by atoms with van der Waals surface area (Å²) in [7, 11) is -0.632. The molecule has 6 nitrogen and oxygen atoms in total. The van der Waals surface area contributed by atoms with Crippen molar-refractivity contribution in [2.75, 3.05) is 19.5 Å². The summed E-state index contributed by atoms with van der Waals surface area (Å²) in [4.78, 5) is 0.261. The van der Waals surface area contributed by atoms with E-state index in [2.05, 4.69) is 21.2 Å². The molecule has 1 N–H and O–H groups in total. The van der Waals surface area contributed by atoms with Gasteiger partial charge in [-0.3, -0.25) is 0 Å². The van der Waals surface area contributed by atoms with E-state index in [0.29, 0.717) is 21.7 Å². The molecule has 3 aromatic rings. The zero-order valence-corrected chi connectivity index (χ0v) is 18.9. The first-order chi connectivity index (χ1) is 14.5. The van der Waals surface area contributed by atoms with Gasteiger partial charge in [0.15, 0.2) is 11.5 Å². The van der Waals surface area contributed by atoms with Crippen molar-refractivity contribution in [1.29, 1.82) is 0 Å². The van der Waals surface area contributed by atoms with Gasteiger partial charge in [-0.05, 0) is 51.3 Å². The number of rotatable bonds is 5. The van der Waals surface area contributed by atoms with E-state index in [1.807, 2.05) is 42.5 Å². The number of sulfonamides is 1. The van der Waals surface area contributed by atoms with E-state index in [0.717, 1.165) is 11.1 Å². The third kappa shape index (κ3) is 3.66. The molecule has 1 aliphatic heterocycles. The summed E-state index contributed by atoms with van der Waals surface area (Å²) in [6, 6.07) is 20.1. The van der Waals surface area contributed by atoms with Crippen molar-refractivity contribution >= 4 is 31.6 Å². The van der Waals surface area contributed by atoms with Gasteiger partial charge in [-0.25, -0.2) is 8.42 Å². The summed E-state index contributed by atoms with van der Waals surface area (Å²) in [5.41, 5.74) is 2.19. The fraction of sp³-hybridized carbons (Fsp3) is 0.182. The third-order valence-corrected chi connectivity index (χ3v) is 7.46. The topological polar surface area (TPSA) is 67.9 Å². The molecule has 4 rings (SSSR count). The molecule has 0 bridgehead atoms. The van der Waals surface area contributed by atoms with E-state index in [-0.39, 0.29) is 11.4 Å². The first-order valence-electron chi connectivity index (χ1n) is 9.28. The van der Waals surface area contributed by atoms with Crippen LogP contribution in [0, 0.1) is 0 Å². The molecule has 0 aromatic heterocycles. The Labute approximate surface area is 184 Å². The van der Waals surface area contributed by atoms with Gasteiger partial charge in [-0.1, -0.05) is 42.5 Å². The van der Waals surface area contributed by atoms with E-state index in [1.165, 1.54) is 4.31 Å². The van der Waals surface area contributed by atoms with Crippen LogP contribution in [-0.2, 0) is 16.6 Å². The van der Waals surface area contributed by atoms with Crippen LogP contribution in [0.25, 0.3) is 0 Å². The van der Waals surface area contributed by atoms with Gasteiger partial charge >= 0.3 is 0 Å². The zero-order chi connectivity index (χ0) is 21.3. The molecular formula is C22H21BrN2O4S. The van der Waals surface area contributed by atoms with Gasteiger partial charge in [-0.15, -0.1) is 0 Å². The molecule has 156 valence electrons. The number of anilines is 1. The highest BCUT2D eigenvalue weighted by Crippen LogP contribution is 2.43. The second-order valence-corrected chi connectivity index (χ2v) is 9.53. The highest BCUT2D eigenvalue weighted by molar-refractivity contribution is 9.10. The Morgan fingerprint density at radius 2 is 1.70 bits per heavy atom. The highest BCUT2D eigenvalue weighted by atomic mass is 79.9.